The average molecular weight is 268 g/mol. The summed E-state index contributed by atoms with van der Waals surface area (Å²) < 4.78 is 0. The zero-order chi connectivity index (χ0) is 13.9. The third-order valence-corrected chi connectivity index (χ3v) is 4.98. The zero-order valence-corrected chi connectivity index (χ0v) is 12.2. The van der Waals surface area contributed by atoms with Gasteiger partial charge in [-0.3, -0.25) is 11.3 Å². The molecule has 0 radical (unpaired) electrons. The van der Waals surface area contributed by atoms with Gasteiger partial charge in [0, 0.05) is 6.04 Å². The summed E-state index contributed by atoms with van der Waals surface area (Å²) in [6.07, 6.45) is 5.02. The van der Waals surface area contributed by atoms with Gasteiger partial charge in [0.1, 0.15) is 0 Å². The molecule has 3 N–H and O–H groups in total. The fourth-order valence-corrected chi connectivity index (χ4v) is 3.81. The van der Waals surface area contributed by atoms with E-state index in [4.69, 9.17) is 5.84 Å². The lowest BCUT2D eigenvalue weighted by molar-refractivity contribution is 0.298. The van der Waals surface area contributed by atoms with Crippen molar-refractivity contribution >= 4 is 10.8 Å². The highest BCUT2D eigenvalue weighted by Gasteiger charge is 2.30. The molecule has 0 aromatic heterocycles. The van der Waals surface area contributed by atoms with Crippen molar-refractivity contribution in [2.75, 3.05) is 0 Å². The third kappa shape index (κ3) is 2.58. The van der Waals surface area contributed by atoms with E-state index in [1.54, 1.807) is 0 Å². The summed E-state index contributed by atoms with van der Waals surface area (Å²) in [5.74, 6) is 7.35. The van der Waals surface area contributed by atoms with Gasteiger partial charge in [-0.15, -0.1) is 0 Å². The van der Waals surface area contributed by atoms with Gasteiger partial charge < -0.3 is 0 Å². The van der Waals surface area contributed by atoms with Crippen molar-refractivity contribution in [3.63, 3.8) is 0 Å². The summed E-state index contributed by atoms with van der Waals surface area (Å²) in [5, 5.41) is 2.68. The number of nitrogens with one attached hydrogen (secondary N) is 1. The molecule has 1 fully saturated rings. The van der Waals surface area contributed by atoms with Crippen LogP contribution in [0.5, 0.6) is 0 Å². The van der Waals surface area contributed by atoms with Crippen LogP contribution < -0.4 is 11.3 Å². The fraction of sp³-hybridized carbons (Fsp3) is 0.444. The van der Waals surface area contributed by atoms with Gasteiger partial charge in [-0.1, -0.05) is 62.2 Å². The molecule has 1 aliphatic carbocycles. The first kappa shape index (κ1) is 13.6. The molecular weight excluding hydrogens is 244 g/mol. The summed E-state index contributed by atoms with van der Waals surface area (Å²) >= 11 is 0. The van der Waals surface area contributed by atoms with E-state index >= 15 is 0 Å². The lowest BCUT2D eigenvalue weighted by atomic mass is 9.86. The molecule has 20 heavy (non-hydrogen) atoms. The summed E-state index contributed by atoms with van der Waals surface area (Å²) in [4.78, 5) is 0. The van der Waals surface area contributed by atoms with Crippen molar-refractivity contribution < 1.29 is 0 Å². The number of hydrogen-bond donors (Lipinski definition) is 2. The quantitative estimate of drug-likeness (QED) is 0.656. The number of hydrazine groups is 1. The summed E-state index contributed by atoms with van der Waals surface area (Å²) in [6.45, 7) is 2.37. The van der Waals surface area contributed by atoms with Crippen LogP contribution in [0.2, 0.25) is 0 Å². The molecule has 1 aliphatic rings. The van der Waals surface area contributed by atoms with Gasteiger partial charge in [0.05, 0.1) is 0 Å². The molecule has 0 spiro atoms. The average Bonchev–Trinajstić information content (AvgIpc) is 2.91. The van der Waals surface area contributed by atoms with E-state index in [1.807, 2.05) is 0 Å². The molecule has 3 unspecified atom stereocenters. The highest BCUT2D eigenvalue weighted by Crippen LogP contribution is 2.35. The zero-order valence-electron chi connectivity index (χ0n) is 12.2. The van der Waals surface area contributed by atoms with E-state index in [9.17, 15) is 0 Å². The highest BCUT2D eigenvalue weighted by atomic mass is 15.2. The first-order chi connectivity index (χ1) is 9.79. The normalized spacial score (nSPS) is 24.1. The fourth-order valence-electron chi connectivity index (χ4n) is 3.81. The van der Waals surface area contributed by atoms with Crippen LogP contribution in [0.1, 0.15) is 31.7 Å². The number of rotatable bonds is 4. The van der Waals surface area contributed by atoms with Crippen molar-refractivity contribution in [3.05, 3.63) is 48.0 Å². The molecule has 0 amide bonds. The molecule has 3 rings (SSSR count). The molecule has 0 bridgehead atoms. The minimum Gasteiger partial charge on any atom is -0.271 e. The SMILES string of the molecule is CC1CCCC1C(Cc1cccc2ccccc12)NN. The maximum atomic E-state index is 5.86. The molecule has 106 valence electrons. The maximum Gasteiger partial charge on any atom is 0.0281 e. The highest BCUT2D eigenvalue weighted by molar-refractivity contribution is 5.85. The Morgan fingerprint density at radius 1 is 1.15 bits per heavy atom. The number of fused-ring (bicyclic) bond motifs is 1. The Bertz CT molecular complexity index is 573. The van der Waals surface area contributed by atoms with Crippen molar-refractivity contribution in [3.8, 4) is 0 Å². The minimum absolute atomic E-state index is 0.387. The maximum absolute atomic E-state index is 5.86. The predicted octanol–water partition coefficient (Wildman–Crippen LogP) is 3.65. The minimum atomic E-state index is 0.387. The Balaban J connectivity index is 1.87. The van der Waals surface area contributed by atoms with E-state index in [-0.39, 0.29) is 0 Å². The van der Waals surface area contributed by atoms with Crippen LogP contribution in [0.4, 0.5) is 0 Å². The Morgan fingerprint density at radius 2 is 1.95 bits per heavy atom. The van der Waals surface area contributed by atoms with Crippen molar-refractivity contribution in [1.82, 2.24) is 5.43 Å². The van der Waals surface area contributed by atoms with Crippen molar-refractivity contribution in [1.29, 1.82) is 0 Å². The van der Waals surface area contributed by atoms with Gasteiger partial charge in [0.2, 0.25) is 0 Å². The summed E-state index contributed by atoms with van der Waals surface area (Å²) in [7, 11) is 0. The number of hydrogen-bond acceptors (Lipinski definition) is 2. The third-order valence-electron chi connectivity index (χ3n) is 4.98. The molecule has 3 atom stereocenters. The van der Waals surface area contributed by atoms with Gasteiger partial charge in [0.15, 0.2) is 0 Å². The van der Waals surface area contributed by atoms with Crippen LogP contribution in [0.25, 0.3) is 10.8 Å². The van der Waals surface area contributed by atoms with Crippen molar-refractivity contribution in [2.24, 2.45) is 17.7 Å². The molecule has 0 saturated heterocycles. The Morgan fingerprint density at radius 3 is 2.70 bits per heavy atom. The van der Waals surface area contributed by atoms with E-state index in [1.165, 1.54) is 35.6 Å². The Kier molecular flexibility index (Phi) is 4.04. The molecule has 2 nitrogen and oxygen atoms in total. The first-order valence-corrected chi connectivity index (χ1v) is 7.72. The second-order valence-electron chi connectivity index (χ2n) is 6.19. The van der Waals surface area contributed by atoms with Gasteiger partial charge in [-0.05, 0) is 41.0 Å². The van der Waals surface area contributed by atoms with Gasteiger partial charge in [-0.25, -0.2) is 0 Å². The second kappa shape index (κ2) is 5.94. The monoisotopic (exact) mass is 268 g/mol. The van der Waals surface area contributed by atoms with Crippen LogP contribution in [0.3, 0.4) is 0 Å². The molecule has 2 aromatic rings. The van der Waals surface area contributed by atoms with Gasteiger partial charge in [0.25, 0.3) is 0 Å². The summed E-state index contributed by atoms with van der Waals surface area (Å²) in [5.41, 5.74) is 4.50. The molecule has 1 saturated carbocycles. The van der Waals surface area contributed by atoms with Crippen LogP contribution >= 0.6 is 0 Å². The van der Waals surface area contributed by atoms with E-state index < -0.39 is 0 Å². The molecule has 0 heterocycles. The smallest absolute Gasteiger partial charge is 0.0281 e. The predicted molar refractivity (Wildman–Crippen MR) is 85.3 cm³/mol. The van der Waals surface area contributed by atoms with Crippen LogP contribution in [-0.4, -0.2) is 6.04 Å². The number of benzene rings is 2. The van der Waals surface area contributed by atoms with E-state index in [0.29, 0.717) is 12.0 Å². The molecule has 2 aromatic carbocycles. The van der Waals surface area contributed by atoms with Crippen LogP contribution in [0, 0.1) is 11.8 Å². The van der Waals surface area contributed by atoms with E-state index in [2.05, 4.69) is 54.8 Å². The summed E-state index contributed by atoms with van der Waals surface area (Å²) in [6, 6.07) is 15.6. The van der Waals surface area contributed by atoms with Crippen molar-refractivity contribution in [2.45, 2.75) is 38.6 Å². The van der Waals surface area contributed by atoms with E-state index in [0.717, 1.165) is 12.3 Å². The molecule has 0 aliphatic heterocycles. The number of nitrogens with two attached hydrogens (primary N) is 1. The standard InChI is InChI=1S/C18H24N2/c1-13-6-4-11-16(13)18(20-19)12-15-9-5-8-14-7-2-3-10-17(14)15/h2-3,5,7-10,13,16,18,20H,4,6,11-12,19H2,1H3. The van der Waals surface area contributed by atoms with Gasteiger partial charge >= 0.3 is 0 Å². The second-order valence-corrected chi connectivity index (χ2v) is 6.19. The van der Waals surface area contributed by atoms with Crippen LogP contribution in [-0.2, 0) is 6.42 Å². The van der Waals surface area contributed by atoms with Crippen LogP contribution in [0.15, 0.2) is 42.5 Å². The molecular formula is C18H24N2. The lowest BCUT2D eigenvalue weighted by Crippen LogP contribution is -2.43. The Labute approximate surface area is 121 Å². The Hall–Kier alpha value is -1.38. The molecule has 2 heteroatoms. The first-order valence-electron chi connectivity index (χ1n) is 7.72. The largest absolute Gasteiger partial charge is 0.271 e. The topological polar surface area (TPSA) is 38.0 Å². The lowest BCUT2D eigenvalue weighted by Gasteiger charge is -2.26. The van der Waals surface area contributed by atoms with Gasteiger partial charge in [-0.2, -0.15) is 0 Å².